The Kier molecular flexibility index (Phi) is 10.6. The van der Waals surface area contributed by atoms with Crippen molar-refractivity contribution in [1.29, 1.82) is 0 Å². The van der Waals surface area contributed by atoms with Gasteiger partial charge >= 0.3 is 23.9 Å². The summed E-state index contributed by atoms with van der Waals surface area (Å²) in [6.45, 7) is 8.20. The lowest BCUT2D eigenvalue weighted by atomic mass is 9.47. The van der Waals surface area contributed by atoms with Crippen LogP contribution < -0.4 is 9.64 Å². The Labute approximate surface area is 373 Å². The molecule has 15 heteroatoms. The highest BCUT2D eigenvalue weighted by Crippen LogP contribution is 2.68. The minimum atomic E-state index is -2.35. The third kappa shape index (κ3) is 5.99. The molecule has 64 heavy (non-hydrogen) atoms. The van der Waals surface area contributed by atoms with Gasteiger partial charge in [-0.15, -0.1) is 0 Å². The number of aromatic nitrogens is 1. The summed E-state index contributed by atoms with van der Waals surface area (Å²) >= 11 is 0. The van der Waals surface area contributed by atoms with Crippen molar-refractivity contribution in [2.24, 2.45) is 11.3 Å². The molecule has 1 aromatic heterocycles. The van der Waals surface area contributed by atoms with E-state index in [4.69, 9.17) is 18.9 Å². The zero-order valence-corrected chi connectivity index (χ0v) is 37.7. The first kappa shape index (κ1) is 44.0. The number of piperidine rings is 1. The summed E-state index contributed by atoms with van der Waals surface area (Å²) in [5, 5.41) is 35.8. The maximum atomic E-state index is 15.5. The maximum absolute atomic E-state index is 15.5. The fourth-order valence-corrected chi connectivity index (χ4v) is 13.8. The molecule has 9 rings (SSSR count). The number of carbonyl (C=O) groups excluding carboxylic acids is 3. The van der Waals surface area contributed by atoms with Crippen molar-refractivity contribution in [3.05, 3.63) is 76.5 Å². The lowest BCUT2D eigenvalue weighted by molar-refractivity contribution is -0.228. The van der Waals surface area contributed by atoms with Gasteiger partial charge in [0, 0.05) is 97.0 Å². The summed E-state index contributed by atoms with van der Waals surface area (Å²) < 4.78 is 24.0. The van der Waals surface area contributed by atoms with Crippen LogP contribution >= 0.6 is 0 Å². The van der Waals surface area contributed by atoms with E-state index in [1.807, 2.05) is 62.2 Å². The number of rotatable bonds is 9. The molecule has 3 fully saturated rings. The normalized spacial score (nSPS) is 35.1. The van der Waals surface area contributed by atoms with Gasteiger partial charge in [-0.05, 0) is 92.0 Å². The van der Waals surface area contributed by atoms with Crippen LogP contribution in [0.4, 0.5) is 5.69 Å². The molecule has 1 spiro atoms. The quantitative estimate of drug-likeness (QED) is 0.104. The van der Waals surface area contributed by atoms with E-state index < -0.39 is 63.5 Å². The lowest BCUT2D eigenvalue weighted by Gasteiger charge is -2.63. The monoisotopic (exact) mass is 880 g/mol. The SMILES string of the molecule is CC[C@]1(O)C[C@H]2CN(CCc3c([nH]c4ccc(C=CC(=O)O)cc34)[C@@](C(=O)OC)(c3cc4c(cc3OC)N(C)[C@H]3[C@@](O)(C(=O)OC)[C@H](OC(C)=O)[C@]5(CC)C=CCN6CC[C@]43[C@@H]65)C2)C1. The van der Waals surface area contributed by atoms with Crippen molar-refractivity contribution in [2.45, 2.75) is 99.5 Å². The summed E-state index contributed by atoms with van der Waals surface area (Å²) in [5.74, 6) is -2.93. The van der Waals surface area contributed by atoms with Crippen molar-refractivity contribution in [3.63, 3.8) is 0 Å². The molecule has 0 radical (unpaired) electrons. The molecule has 1 saturated carbocycles. The number of esters is 3. The standard InChI is InChI=1S/C49H60N4O11/c1-8-45(59)24-30-25-48(43(57)62-6,39-31(15-19-52(26-30)27-45)32-21-29(12-14-38(55)56)11-13-35(32)50-39)34-22-33-36(23-37(34)61-5)51(4)41-47(33)17-20-53-18-10-16-46(9-2,40(47)53)42(64-28(3)54)49(41,60)44(58)63-7/h10-14,16,21-23,30,40-42,50,59-60H,8-9,15,17-20,24-27H2,1-7H3,(H,55,56)/t30-,40+,41-,42-,45+,46-,47-,48+,49+/m1/s1. The summed E-state index contributed by atoms with van der Waals surface area (Å²) in [7, 11) is 6.01. The number of likely N-dealkylation sites (N-methyl/N-ethyl adjacent to an activating group) is 1. The molecule has 2 saturated heterocycles. The second-order valence-corrected chi connectivity index (χ2v) is 19.1. The number of fused-ring (bicyclic) bond motifs is 6. The Bertz CT molecular complexity index is 2500. The van der Waals surface area contributed by atoms with Crippen molar-refractivity contribution < 1.29 is 53.4 Å². The number of nitrogens with zero attached hydrogens (tertiary/aromatic N) is 3. The van der Waals surface area contributed by atoms with Gasteiger partial charge < -0.3 is 44.2 Å². The Morgan fingerprint density at radius 1 is 0.953 bits per heavy atom. The summed E-state index contributed by atoms with van der Waals surface area (Å²) in [5.41, 5.74) is -1.93. The van der Waals surface area contributed by atoms with E-state index in [0.717, 1.165) is 28.1 Å². The number of carbonyl (C=O) groups is 4. The van der Waals surface area contributed by atoms with E-state index in [2.05, 4.69) is 20.9 Å². The Balaban J connectivity index is 1.36. The smallest absolute Gasteiger partial charge is 0.344 e. The first-order valence-electron chi connectivity index (χ1n) is 22.5. The van der Waals surface area contributed by atoms with Crippen molar-refractivity contribution >= 4 is 46.5 Å². The molecule has 3 aromatic rings. The predicted octanol–water partition coefficient (Wildman–Crippen LogP) is 4.09. The van der Waals surface area contributed by atoms with E-state index >= 15 is 4.79 Å². The predicted molar refractivity (Wildman–Crippen MR) is 237 cm³/mol. The number of anilines is 1. The molecule has 15 nitrogen and oxygen atoms in total. The highest BCUT2D eigenvalue weighted by atomic mass is 16.6. The second kappa shape index (κ2) is 15.5. The number of hydrogen-bond acceptors (Lipinski definition) is 13. The number of aliphatic carboxylic acids is 1. The number of aliphatic hydroxyl groups is 2. The molecular weight excluding hydrogens is 821 g/mol. The minimum absolute atomic E-state index is 0.183. The van der Waals surface area contributed by atoms with Crippen molar-refractivity contribution in [3.8, 4) is 5.75 Å². The fraction of sp³-hybridized carbons (Fsp3) is 0.551. The second-order valence-electron chi connectivity index (χ2n) is 19.1. The summed E-state index contributed by atoms with van der Waals surface area (Å²) in [6, 6.07) is 8.29. The number of hydrogen-bond donors (Lipinski definition) is 4. The van der Waals surface area contributed by atoms with Gasteiger partial charge in [-0.3, -0.25) is 19.4 Å². The molecule has 1 aliphatic carbocycles. The highest BCUT2D eigenvalue weighted by Gasteiger charge is 2.80. The van der Waals surface area contributed by atoms with Crippen LogP contribution in [0.3, 0.4) is 0 Å². The molecule has 5 aliphatic heterocycles. The van der Waals surface area contributed by atoms with Gasteiger partial charge in [-0.1, -0.05) is 32.1 Å². The zero-order chi connectivity index (χ0) is 45.7. The molecule has 4 N–H and O–H groups in total. The maximum Gasteiger partial charge on any atom is 0.344 e. The zero-order valence-electron chi connectivity index (χ0n) is 37.7. The van der Waals surface area contributed by atoms with E-state index in [1.54, 1.807) is 13.2 Å². The van der Waals surface area contributed by atoms with Crippen LogP contribution in [0.5, 0.6) is 5.75 Å². The third-order valence-corrected chi connectivity index (χ3v) is 16.1. The van der Waals surface area contributed by atoms with E-state index in [-0.39, 0.29) is 18.4 Å². The Morgan fingerprint density at radius 3 is 2.39 bits per heavy atom. The number of carboxylic acid groups (broad SMARTS) is 1. The van der Waals surface area contributed by atoms with E-state index in [1.165, 1.54) is 21.1 Å². The minimum Gasteiger partial charge on any atom is -0.496 e. The average molecular weight is 881 g/mol. The molecule has 0 amide bonds. The van der Waals surface area contributed by atoms with Crippen LogP contribution in [0.15, 0.2) is 48.6 Å². The molecule has 1 unspecified atom stereocenters. The van der Waals surface area contributed by atoms with Gasteiger partial charge in [0.15, 0.2) is 6.10 Å². The van der Waals surface area contributed by atoms with Gasteiger partial charge in [0.25, 0.3) is 0 Å². The van der Waals surface area contributed by atoms with Crippen LogP contribution in [0.1, 0.15) is 80.8 Å². The summed E-state index contributed by atoms with van der Waals surface area (Å²) in [4.78, 5) is 64.8. The molecular formula is C49H60N4O11. The largest absolute Gasteiger partial charge is 0.496 e. The molecule has 342 valence electrons. The van der Waals surface area contributed by atoms with Gasteiger partial charge in [0.05, 0.1) is 33.0 Å². The third-order valence-electron chi connectivity index (χ3n) is 16.1. The van der Waals surface area contributed by atoms with Gasteiger partial charge in [0.1, 0.15) is 11.2 Å². The van der Waals surface area contributed by atoms with Gasteiger partial charge in [-0.2, -0.15) is 0 Å². The molecule has 6 heterocycles. The number of benzene rings is 2. The Morgan fingerprint density at radius 2 is 1.72 bits per heavy atom. The number of aromatic amines is 1. The molecule has 2 bridgehead atoms. The van der Waals surface area contributed by atoms with Gasteiger partial charge in [-0.25, -0.2) is 9.59 Å². The van der Waals surface area contributed by atoms with E-state index in [0.29, 0.717) is 93.1 Å². The first-order chi connectivity index (χ1) is 30.5. The lowest BCUT2D eigenvalue weighted by Crippen LogP contribution is -2.81. The van der Waals surface area contributed by atoms with Gasteiger partial charge in [0.2, 0.25) is 5.60 Å². The Hall–Kier alpha value is -5.22. The number of ether oxygens (including phenoxy) is 4. The molecule has 2 aromatic carbocycles. The molecule has 6 aliphatic rings. The number of H-pyrrole nitrogens is 1. The van der Waals surface area contributed by atoms with Crippen molar-refractivity contribution in [1.82, 2.24) is 14.8 Å². The molecule has 10 atom stereocenters. The number of carboxylic acids is 1. The van der Waals surface area contributed by atoms with Crippen molar-refractivity contribution in [2.75, 3.05) is 66.0 Å². The van der Waals surface area contributed by atoms with Crippen LogP contribution in [0.2, 0.25) is 0 Å². The highest BCUT2D eigenvalue weighted by molar-refractivity contribution is 5.96. The van der Waals surface area contributed by atoms with Crippen LogP contribution in [-0.4, -0.2) is 144 Å². The number of nitrogens with one attached hydrogen (secondary N) is 1. The summed E-state index contributed by atoms with van der Waals surface area (Å²) in [6.07, 6.45) is 8.06. The number of methoxy groups -OCH3 is 3. The first-order valence-corrected chi connectivity index (χ1v) is 22.5. The van der Waals surface area contributed by atoms with Crippen LogP contribution in [-0.2, 0) is 50.6 Å². The topological polar surface area (TPSA) is 191 Å². The fourth-order valence-electron chi connectivity index (χ4n) is 13.8. The average Bonchev–Trinajstić information content (AvgIpc) is 3.94. The van der Waals surface area contributed by atoms with Crippen LogP contribution in [0.25, 0.3) is 17.0 Å². The van der Waals surface area contributed by atoms with Crippen LogP contribution in [0, 0.1) is 11.3 Å². The van der Waals surface area contributed by atoms with E-state index in [9.17, 15) is 29.7 Å².